The fraction of sp³-hybridized carbons (Fsp3) is 0.333. The Hall–Kier alpha value is -3.85. The maximum absolute atomic E-state index is 13.9. The van der Waals surface area contributed by atoms with Gasteiger partial charge in [-0.3, -0.25) is 13.9 Å². The highest BCUT2D eigenvalue weighted by Gasteiger charge is 2.33. The molecule has 0 bridgehead atoms. The molecule has 208 valence electrons. The number of aryl methyl sites for hydroxylation is 2. The predicted octanol–water partition coefficient (Wildman–Crippen LogP) is 4.45. The number of benzene rings is 3. The third-order valence-corrected chi connectivity index (χ3v) is 8.22. The van der Waals surface area contributed by atoms with Crippen LogP contribution in [-0.2, 0) is 26.2 Å². The van der Waals surface area contributed by atoms with Crippen LogP contribution in [0.2, 0.25) is 0 Å². The van der Waals surface area contributed by atoms with E-state index in [1.807, 2.05) is 52.0 Å². The summed E-state index contributed by atoms with van der Waals surface area (Å²) in [5, 5.41) is 2.63. The lowest BCUT2D eigenvalue weighted by Gasteiger charge is -2.33. The van der Waals surface area contributed by atoms with E-state index < -0.39 is 28.5 Å². The summed E-state index contributed by atoms with van der Waals surface area (Å²) in [6.07, 6.45) is 0.366. The van der Waals surface area contributed by atoms with Crippen LogP contribution in [-0.4, -0.2) is 51.4 Å². The molecule has 0 saturated carbocycles. The minimum atomic E-state index is -4.12. The zero-order valence-electron chi connectivity index (χ0n) is 23.2. The Balaban J connectivity index is 2.05. The van der Waals surface area contributed by atoms with E-state index in [1.54, 1.807) is 36.4 Å². The lowest BCUT2D eigenvalue weighted by atomic mass is 10.1. The first-order valence-corrected chi connectivity index (χ1v) is 14.4. The summed E-state index contributed by atoms with van der Waals surface area (Å²) in [5.74, 6) is -0.213. The van der Waals surface area contributed by atoms with Crippen LogP contribution in [0.4, 0.5) is 5.69 Å². The molecule has 0 aromatic heterocycles. The molecule has 0 heterocycles. The van der Waals surface area contributed by atoms with Crippen molar-refractivity contribution in [2.45, 2.75) is 51.6 Å². The van der Waals surface area contributed by atoms with Gasteiger partial charge in [0.05, 0.1) is 17.2 Å². The number of ether oxygens (including phenoxy) is 1. The molecule has 3 rings (SSSR count). The molecule has 0 radical (unpaired) electrons. The Bertz CT molecular complexity index is 1360. The lowest BCUT2D eigenvalue weighted by Crippen LogP contribution is -2.51. The number of hydrogen-bond acceptors (Lipinski definition) is 5. The fourth-order valence-electron chi connectivity index (χ4n) is 4.22. The topological polar surface area (TPSA) is 96.0 Å². The Labute approximate surface area is 231 Å². The van der Waals surface area contributed by atoms with Crippen molar-refractivity contribution < 1.29 is 22.7 Å². The number of carbonyl (C=O) groups excluding carboxylic acids is 2. The number of hydrogen-bond donors (Lipinski definition) is 1. The first-order valence-electron chi connectivity index (χ1n) is 13.0. The normalized spacial score (nSPS) is 11.9. The smallest absolute Gasteiger partial charge is 0.264 e. The summed E-state index contributed by atoms with van der Waals surface area (Å²) < 4.78 is 34.4. The number of amides is 2. The van der Waals surface area contributed by atoms with Gasteiger partial charge in [-0.25, -0.2) is 8.42 Å². The zero-order valence-corrected chi connectivity index (χ0v) is 24.0. The van der Waals surface area contributed by atoms with Crippen molar-refractivity contribution in [3.63, 3.8) is 0 Å². The Morgan fingerprint density at radius 1 is 0.872 bits per heavy atom. The number of nitrogens with zero attached hydrogens (tertiary/aromatic N) is 2. The first kappa shape index (κ1) is 29.7. The van der Waals surface area contributed by atoms with Gasteiger partial charge in [0, 0.05) is 13.6 Å². The molecule has 1 N–H and O–H groups in total. The number of carbonyl (C=O) groups is 2. The third kappa shape index (κ3) is 7.38. The van der Waals surface area contributed by atoms with Crippen LogP contribution in [0.25, 0.3) is 0 Å². The van der Waals surface area contributed by atoms with Gasteiger partial charge in [0.1, 0.15) is 18.3 Å². The van der Waals surface area contributed by atoms with Crippen LogP contribution < -0.4 is 14.4 Å². The molecule has 0 aliphatic rings. The largest absolute Gasteiger partial charge is 0.494 e. The molecule has 8 nitrogen and oxygen atoms in total. The van der Waals surface area contributed by atoms with E-state index in [0.29, 0.717) is 24.5 Å². The Kier molecular flexibility index (Phi) is 10.1. The van der Waals surface area contributed by atoms with Crippen molar-refractivity contribution >= 4 is 27.5 Å². The minimum absolute atomic E-state index is 0.0678. The van der Waals surface area contributed by atoms with E-state index in [-0.39, 0.29) is 17.3 Å². The molecular formula is C30H37N3O5S. The van der Waals surface area contributed by atoms with Crippen molar-refractivity contribution in [3.8, 4) is 5.75 Å². The average molecular weight is 552 g/mol. The summed E-state index contributed by atoms with van der Waals surface area (Å²) >= 11 is 0. The number of anilines is 1. The SMILES string of the molecule is CCOc1ccc(N(CC(=O)N(Cc2ccc(C)cc2)[C@@H](CC)C(=O)NC)S(=O)(=O)c2ccc(C)cc2)cc1. The highest BCUT2D eigenvalue weighted by atomic mass is 32.2. The Morgan fingerprint density at radius 3 is 1.95 bits per heavy atom. The molecule has 0 fully saturated rings. The van der Waals surface area contributed by atoms with Gasteiger partial charge in [-0.15, -0.1) is 0 Å². The van der Waals surface area contributed by atoms with Crippen LogP contribution >= 0.6 is 0 Å². The zero-order chi connectivity index (χ0) is 28.6. The van der Waals surface area contributed by atoms with Crippen molar-refractivity contribution in [1.29, 1.82) is 0 Å². The van der Waals surface area contributed by atoms with Crippen molar-refractivity contribution in [2.75, 3.05) is 24.5 Å². The quantitative estimate of drug-likeness (QED) is 0.359. The molecule has 1 atom stereocenters. The number of likely N-dealkylation sites (N-methyl/N-ethyl adjacent to an activating group) is 1. The van der Waals surface area contributed by atoms with Crippen LogP contribution in [0.5, 0.6) is 5.75 Å². The molecule has 39 heavy (non-hydrogen) atoms. The van der Waals surface area contributed by atoms with E-state index in [9.17, 15) is 18.0 Å². The van der Waals surface area contributed by atoms with Gasteiger partial charge in [0.25, 0.3) is 10.0 Å². The van der Waals surface area contributed by atoms with Gasteiger partial charge in [-0.1, -0.05) is 54.4 Å². The summed E-state index contributed by atoms with van der Waals surface area (Å²) in [7, 11) is -2.60. The maximum Gasteiger partial charge on any atom is 0.264 e. The van der Waals surface area contributed by atoms with Crippen molar-refractivity contribution in [3.05, 3.63) is 89.5 Å². The van der Waals surface area contributed by atoms with Gasteiger partial charge in [-0.05, 0) is 69.2 Å². The highest BCUT2D eigenvalue weighted by Crippen LogP contribution is 2.27. The lowest BCUT2D eigenvalue weighted by molar-refractivity contribution is -0.140. The summed E-state index contributed by atoms with van der Waals surface area (Å²) in [6.45, 7) is 7.67. The molecule has 0 aliphatic carbocycles. The third-order valence-electron chi connectivity index (χ3n) is 6.43. The molecule has 9 heteroatoms. The average Bonchev–Trinajstić information content (AvgIpc) is 2.93. The molecule has 3 aromatic carbocycles. The summed E-state index contributed by atoms with van der Waals surface area (Å²) in [5.41, 5.74) is 3.14. The second kappa shape index (κ2) is 13.3. The standard InChI is InChI=1S/C30H37N3O5S/c1-6-28(30(35)31-5)32(20-24-12-8-22(3)9-13-24)29(34)21-33(25-14-16-26(17-15-25)38-7-2)39(36,37)27-18-10-23(4)11-19-27/h8-19,28H,6-7,20-21H2,1-5H3,(H,31,35)/t28-/m0/s1. The van der Waals surface area contributed by atoms with Crippen LogP contribution in [0.3, 0.4) is 0 Å². The Morgan fingerprint density at radius 2 is 1.44 bits per heavy atom. The van der Waals surface area contributed by atoms with E-state index >= 15 is 0 Å². The number of sulfonamides is 1. The van der Waals surface area contributed by atoms with Crippen molar-refractivity contribution in [1.82, 2.24) is 10.2 Å². The summed E-state index contributed by atoms with van der Waals surface area (Å²) in [6, 6.07) is 20.0. The second-order valence-electron chi connectivity index (χ2n) is 9.30. The maximum atomic E-state index is 13.9. The number of rotatable bonds is 12. The van der Waals surface area contributed by atoms with Crippen LogP contribution in [0, 0.1) is 13.8 Å². The van der Waals surface area contributed by atoms with E-state index in [2.05, 4.69) is 5.32 Å². The van der Waals surface area contributed by atoms with Gasteiger partial charge >= 0.3 is 0 Å². The molecular weight excluding hydrogens is 514 g/mol. The monoisotopic (exact) mass is 551 g/mol. The van der Waals surface area contributed by atoms with E-state index in [0.717, 1.165) is 21.0 Å². The minimum Gasteiger partial charge on any atom is -0.494 e. The molecule has 0 spiro atoms. The first-order chi connectivity index (χ1) is 18.6. The molecule has 2 amide bonds. The highest BCUT2D eigenvalue weighted by molar-refractivity contribution is 7.92. The predicted molar refractivity (Wildman–Crippen MR) is 153 cm³/mol. The van der Waals surface area contributed by atoms with E-state index in [1.165, 1.54) is 24.1 Å². The van der Waals surface area contributed by atoms with Gasteiger partial charge in [-0.2, -0.15) is 0 Å². The number of nitrogens with one attached hydrogen (secondary N) is 1. The van der Waals surface area contributed by atoms with Gasteiger partial charge < -0.3 is 15.0 Å². The van der Waals surface area contributed by atoms with Gasteiger partial charge in [0.2, 0.25) is 11.8 Å². The van der Waals surface area contributed by atoms with Gasteiger partial charge in [0.15, 0.2) is 0 Å². The molecule has 0 unspecified atom stereocenters. The molecule has 0 saturated heterocycles. The van der Waals surface area contributed by atoms with Crippen molar-refractivity contribution in [2.24, 2.45) is 0 Å². The van der Waals surface area contributed by atoms with Crippen LogP contribution in [0.1, 0.15) is 37.0 Å². The molecule has 3 aromatic rings. The second-order valence-corrected chi connectivity index (χ2v) is 11.2. The molecule has 0 aliphatic heterocycles. The van der Waals surface area contributed by atoms with Crippen LogP contribution in [0.15, 0.2) is 77.7 Å². The van der Waals surface area contributed by atoms with E-state index in [4.69, 9.17) is 4.74 Å². The summed E-state index contributed by atoms with van der Waals surface area (Å²) in [4.78, 5) is 28.2. The fourth-order valence-corrected chi connectivity index (χ4v) is 5.63.